The lowest BCUT2D eigenvalue weighted by molar-refractivity contribution is 0.186. The van der Waals surface area contributed by atoms with Crippen molar-refractivity contribution in [2.45, 2.75) is 39.3 Å². The molecule has 0 radical (unpaired) electrons. The number of amides is 2. The maximum absolute atomic E-state index is 12.3. The van der Waals surface area contributed by atoms with E-state index >= 15 is 0 Å². The Kier molecular flexibility index (Phi) is 7.19. The molecule has 0 fully saturated rings. The number of urea groups is 1. The van der Waals surface area contributed by atoms with Gasteiger partial charge in [-0.3, -0.25) is 0 Å². The molecule has 2 amide bonds. The predicted molar refractivity (Wildman–Crippen MR) is 86.5 cm³/mol. The zero-order valence-corrected chi connectivity index (χ0v) is 13.4. The summed E-state index contributed by atoms with van der Waals surface area (Å²) in [6, 6.07) is 8.07. The summed E-state index contributed by atoms with van der Waals surface area (Å²) in [5.41, 5.74) is 1.96. The molecule has 5 heteroatoms. The molecule has 0 saturated carbocycles. The van der Waals surface area contributed by atoms with Crippen LogP contribution < -0.4 is 10.6 Å². The summed E-state index contributed by atoms with van der Waals surface area (Å²) < 4.78 is 0. The molecular weight excluding hydrogens is 266 g/mol. The molecule has 0 saturated heterocycles. The molecule has 118 valence electrons. The summed E-state index contributed by atoms with van der Waals surface area (Å²) in [4.78, 5) is 14.0. The molecule has 1 unspecified atom stereocenters. The van der Waals surface area contributed by atoms with Crippen molar-refractivity contribution in [2.75, 3.05) is 25.5 Å². The molecule has 0 bridgehead atoms. The molecule has 0 spiro atoms. The average molecular weight is 293 g/mol. The molecule has 21 heavy (non-hydrogen) atoms. The summed E-state index contributed by atoms with van der Waals surface area (Å²) >= 11 is 0. The van der Waals surface area contributed by atoms with Gasteiger partial charge in [0, 0.05) is 30.9 Å². The van der Waals surface area contributed by atoms with Crippen LogP contribution in [0.4, 0.5) is 10.5 Å². The van der Waals surface area contributed by atoms with E-state index in [9.17, 15) is 4.79 Å². The topological polar surface area (TPSA) is 64.6 Å². The van der Waals surface area contributed by atoms with Gasteiger partial charge in [0.25, 0.3) is 0 Å². The van der Waals surface area contributed by atoms with E-state index in [1.807, 2.05) is 45.2 Å². The van der Waals surface area contributed by atoms with Crippen molar-refractivity contribution in [3.63, 3.8) is 0 Å². The van der Waals surface area contributed by atoms with Crippen LogP contribution >= 0.6 is 0 Å². The highest BCUT2D eigenvalue weighted by Gasteiger charge is 2.16. The zero-order valence-electron chi connectivity index (χ0n) is 13.4. The SMILES string of the molecule is CNC(C)c1ccc(NC(=O)N(CCCO)C(C)C)cc1. The van der Waals surface area contributed by atoms with Crippen molar-refractivity contribution >= 4 is 11.7 Å². The van der Waals surface area contributed by atoms with Crippen LogP contribution in [0.2, 0.25) is 0 Å². The number of aliphatic hydroxyl groups excluding tert-OH is 1. The van der Waals surface area contributed by atoms with Crippen LogP contribution in [0.15, 0.2) is 24.3 Å². The van der Waals surface area contributed by atoms with Crippen molar-refractivity contribution in [3.8, 4) is 0 Å². The maximum atomic E-state index is 12.3. The highest BCUT2D eigenvalue weighted by atomic mass is 16.3. The molecule has 0 aliphatic rings. The van der Waals surface area contributed by atoms with Crippen molar-refractivity contribution in [1.29, 1.82) is 0 Å². The molecule has 1 aromatic carbocycles. The molecule has 5 nitrogen and oxygen atoms in total. The van der Waals surface area contributed by atoms with Crippen molar-refractivity contribution in [3.05, 3.63) is 29.8 Å². The Balaban J connectivity index is 2.68. The summed E-state index contributed by atoms with van der Waals surface area (Å²) in [6.45, 7) is 6.66. The minimum absolute atomic E-state index is 0.0904. The highest BCUT2D eigenvalue weighted by Crippen LogP contribution is 2.16. The van der Waals surface area contributed by atoms with Crippen LogP contribution in [-0.2, 0) is 0 Å². The smallest absolute Gasteiger partial charge is 0.322 e. The van der Waals surface area contributed by atoms with Gasteiger partial charge in [-0.1, -0.05) is 12.1 Å². The van der Waals surface area contributed by atoms with Gasteiger partial charge in [-0.2, -0.15) is 0 Å². The Hall–Kier alpha value is -1.59. The lowest BCUT2D eigenvalue weighted by Crippen LogP contribution is -2.40. The van der Waals surface area contributed by atoms with Gasteiger partial charge in [0.15, 0.2) is 0 Å². The summed E-state index contributed by atoms with van der Waals surface area (Å²) in [7, 11) is 1.92. The Morgan fingerprint density at radius 3 is 2.33 bits per heavy atom. The third-order valence-corrected chi connectivity index (χ3v) is 3.54. The van der Waals surface area contributed by atoms with E-state index < -0.39 is 0 Å². The fourth-order valence-electron chi connectivity index (χ4n) is 2.05. The number of hydrogen-bond donors (Lipinski definition) is 3. The number of benzene rings is 1. The monoisotopic (exact) mass is 293 g/mol. The van der Waals surface area contributed by atoms with Gasteiger partial charge in [-0.25, -0.2) is 4.79 Å². The number of carbonyl (C=O) groups excluding carboxylic acids is 1. The van der Waals surface area contributed by atoms with Gasteiger partial charge in [0.1, 0.15) is 0 Å². The van der Waals surface area contributed by atoms with Gasteiger partial charge in [0.2, 0.25) is 0 Å². The second-order valence-corrected chi connectivity index (χ2v) is 5.43. The van der Waals surface area contributed by atoms with Crippen LogP contribution in [0.1, 0.15) is 38.8 Å². The van der Waals surface area contributed by atoms with Crippen molar-refractivity contribution in [2.24, 2.45) is 0 Å². The van der Waals surface area contributed by atoms with E-state index in [1.54, 1.807) is 4.90 Å². The predicted octanol–water partition coefficient (Wildman–Crippen LogP) is 2.59. The van der Waals surface area contributed by atoms with Gasteiger partial charge >= 0.3 is 6.03 Å². The Bertz CT molecular complexity index is 432. The van der Waals surface area contributed by atoms with E-state index in [1.165, 1.54) is 5.56 Å². The fourth-order valence-corrected chi connectivity index (χ4v) is 2.05. The second-order valence-electron chi connectivity index (χ2n) is 5.43. The Morgan fingerprint density at radius 2 is 1.86 bits per heavy atom. The number of aliphatic hydroxyl groups is 1. The van der Waals surface area contributed by atoms with Gasteiger partial charge in [0.05, 0.1) is 0 Å². The third-order valence-electron chi connectivity index (χ3n) is 3.54. The van der Waals surface area contributed by atoms with E-state index in [-0.39, 0.29) is 24.7 Å². The van der Waals surface area contributed by atoms with E-state index in [0.29, 0.717) is 13.0 Å². The molecule has 0 aliphatic heterocycles. The molecule has 3 N–H and O–H groups in total. The minimum atomic E-state index is -0.132. The zero-order chi connectivity index (χ0) is 15.8. The van der Waals surface area contributed by atoms with Gasteiger partial charge in [-0.05, 0) is 51.9 Å². The van der Waals surface area contributed by atoms with Crippen molar-refractivity contribution < 1.29 is 9.90 Å². The van der Waals surface area contributed by atoms with Crippen molar-refractivity contribution in [1.82, 2.24) is 10.2 Å². The van der Waals surface area contributed by atoms with Crippen LogP contribution in [0.5, 0.6) is 0 Å². The average Bonchev–Trinajstić information content (AvgIpc) is 2.47. The van der Waals surface area contributed by atoms with Gasteiger partial charge < -0.3 is 20.6 Å². The molecule has 0 heterocycles. The first-order valence-electron chi connectivity index (χ1n) is 7.45. The van der Waals surface area contributed by atoms with E-state index in [0.717, 1.165) is 5.69 Å². The summed E-state index contributed by atoms with van der Waals surface area (Å²) in [5.74, 6) is 0. The number of nitrogens with one attached hydrogen (secondary N) is 2. The van der Waals surface area contributed by atoms with E-state index in [4.69, 9.17) is 5.11 Å². The standard InChI is InChI=1S/C16H27N3O2/c1-12(2)19(10-5-11-20)16(21)18-15-8-6-14(7-9-15)13(3)17-4/h6-9,12-13,17,20H,5,10-11H2,1-4H3,(H,18,21). The quantitative estimate of drug-likeness (QED) is 0.724. The Morgan fingerprint density at radius 1 is 1.24 bits per heavy atom. The molecule has 1 aromatic rings. The number of anilines is 1. The number of nitrogens with zero attached hydrogens (tertiary/aromatic N) is 1. The molecule has 1 atom stereocenters. The fraction of sp³-hybridized carbons (Fsp3) is 0.562. The first-order chi connectivity index (χ1) is 9.99. The lowest BCUT2D eigenvalue weighted by atomic mass is 10.1. The second kappa shape index (κ2) is 8.64. The maximum Gasteiger partial charge on any atom is 0.322 e. The molecular formula is C16H27N3O2. The van der Waals surface area contributed by atoms with Crippen LogP contribution in [0.25, 0.3) is 0 Å². The lowest BCUT2D eigenvalue weighted by Gasteiger charge is -2.26. The normalized spacial score (nSPS) is 12.3. The summed E-state index contributed by atoms with van der Waals surface area (Å²) in [5, 5.41) is 15.0. The third kappa shape index (κ3) is 5.36. The van der Waals surface area contributed by atoms with Crippen LogP contribution in [0, 0.1) is 0 Å². The molecule has 0 aromatic heterocycles. The molecule has 1 rings (SSSR count). The first-order valence-corrected chi connectivity index (χ1v) is 7.45. The van der Waals surface area contributed by atoms with E-state index in [2.05, 4.69) is 17.6 Å². The summed E-state index contributed by atoms with van der Waals surface area (Å²) in [6.07, 6.45) is 0.588. The van der Waals surface area contributed by atoms with Gasteiger partial charge in [-0.15, -0.1) is 0 Å². The van der Waals surface area contributed by atoms with Crippen LogP contribution in [0.3, 0.4) is 0 Å². The largest absolute Gasteiger partial charge is 0.396 e. The number of rotatable bonds is 7. The first kappa shape index (κ1) is 17.5. The molecule has 0 aliphatic carbocycles. The number of carbonyl (C=O) groups is 1. The highest BCUT2D eigenvalue weighted by molar-refractivity contribution is 5.89. The number of hydrogen-bond acceptors (Lipinski definition) is 3. The Labute approximate surface area is 127 Å². The van der Waals surface area contributed by atoms with Crippen LogP contribution in [-0.4, -0.2) is 42.3 Å². The minimum Gasteiger partial charge on any atom is -0.396 e.